The number of nitrogens with one attached hydrogen (secondary N) is 2. The first-order valence-electron chi connectivity index (χ1n) is 10.0. The van der Waals surface area contributed by atoms with Gasteiger partial charge in [0.15, 0.2) is 0 Å². The van der Waals surface area contributed by atoms with Crippen molar-refractivity contribution in [3.05, 3.63) is 65.0 Å². The number of hydrogen-bond acceptors (Lipinski definition) is 3. The molecule has 0 unspecified atom stereocenters. The molecular formula is C23H27FN2O3. The summed E-state index contributed by atoms with van der Waals surface area (Å²) in [6, 6.07) is 11.1. The van der Waals surface area contributed by atoms with Gasteiger partial charge in [-0.25, -0.2) is 4.39 Å². The molecule has 0 heterocycles. The lowest BCUT2D eigenvalue weighted by Crippen LogP contribution is -2.50. The molecule has 0 bridgehead atoms. The Kier molecular flexibility index (Phi) is 6.86. The zero-order chi connectivity index (χ0) is 20.8. The number of ether oxygens (including phenoxy) is 1. The number of fused-ring (bicyclic) bond motifs is 1. The van der Waals surface area contributed by atoms with Crippen LogP contribution in [0.15, 0.2) is 42.5 Å². The minimum Gasteiger partial charge on any atom is -0.492 e. The normalized spacial score (nSPS) is 13.7. The van der Waals surface area contributed by atoms with Gasteiger partial charge in [0, 0.05) is 0 Å². The number of aryl methyl sites for hydroxylation is 2. The van der Waals surface area contributed by atoms with Gasteiger partial charge >= 0.3 is 0 Å². The zero-order valence-corrected chi connectivity index (χ0v) is 16.8. The average molecular weight is 398 g/mol. The Morgan fingerprint density at radius 2 is 1.86 bits per heavy atom. The summed E-state index contributed by atoms with van der Waals surface area (Å²) in [5.74, 6) is -0.888. The Morgan fingerprint density at radius 3 is 2.62 bits per heavy atom. The van der Waals surface area contributed by atoms with Crippen molar-refractivity contribution in [2.45, 2.75) is 39.2 Å². The molecule has 0 saturated heterocycles. The second kappa shape index (κ2) is 9.54. The first-order valence-corrected chi connectivity index (χ1v) is 10.0. The number of carbonyl (C=O) groups excluding carboxylic acids is 2. The molecule has 1 atom stereocenters. The van der Waals surface area contributed by atoms with E-state index >= 15 is 0 Å². The Balaban J connectivity index is 1.49. The predicted molar refractivity (Wildman–Crippen MR) is 109 cm³/mol. The molecule has 0 radical (unpaired) electrons. The fourth-order valence-electron chi connectivity index (χ4n) is 3.49. The second-order valence-corrected chi connectivity index (χ2v) is 7.60. The molecular weight excluding hydrogens is 371 g/mol. The molecule has 2 aromatic carbocycles. The van der Waals surface area contributed by atoms with Crippen LogP contribution in [-0.4, -0.2) is 31.0 Å². The molecule has 0 saturated carbocycles. The highest BCUT2D eigenvalue weighted by Crippen LogP contribution is 2.25. The van der Waals surface area contributed by atoms with E-state index < -0.39 is 17.8 Å². The minimum absolute atomic E-state index is 0.0779. The Hall–Kier alpha value is -2.89. The number of benzene rings is 2. The van der Waals surface area contributed by atoms with Gasteiger partial charge in [0.1, 0.15) is 24.2 Å². The highest BCUT2D eigenvalue weighted by atomic mass is 19.1. The summed E-state index contributed by atoms with van der Waals surface area (Å²) in [7, 11) is 0. The maximum absolute atomic E-state index is 13.8. The number of rotatable bonds is 8. The van der Waals surface area contributed by atoms with Gasteiger partial charge < -0.3 is 15.4 Å². The summed E-state index contributed by atoms with van der Waals surface area (Å²) in [5.41, 5.74) is 2.64. The third kappa shape index (κ3) is 5.34. The van der Waals surface area contributed by atoms with E-state index in [4.69, 9.17) is 4.74 Å². The van der Waals surface area contributed by atoms with Crippen LogP contribution in [-0.2, 0) is 17.6 Å². The SMILES string of the molecule is CC(C)[C@H](NC(=O)c1ccccc1F)C(=O)NCCOc1ccc2c(c1)CCC2. The third-order valence-corrected chi connectivity index (χ3v) is 5.09. The van der Waals surface area contributed by atoms with Gasteiger partial charge in [0.25, 0.3) is 5.91 Å². The van der Waals surface area contributed by atoms with Gasteiger partial charge in [0.05, 0.1) is 12.1 Å². The molecule has 1 aliphatic rings. The van der Waals surface area contributed by atoms with Crippen molar-refractivity contribution >= 4 is 11.8 Å². The third-order valence-electron chi connectivity index (χ3n) is 5.09. The van der Waals surface area contributed by atoms with Crippen molar-refractivity contribution in [3.63, 3.8) is 0 Å². The van der Waals surface area contributed by atoms with Gasteiger partial charge in [-0.1, -0.05) is 32.0 Å². The monoisotopic (exact) mass is 398 g/mol. The van der Waals surface area contributed by atoms with Crippen LogP contribution in [0.25, 0.3) is 0 Å². The molecule has 1 aliphatic carbocycles. The smallest absolute Gasteiger partial charge is 0.254 e. The van der Waals surface area contributed by atoms with Crippen molar-refractivity contribution in [2.75, 3.05) is 13.2 Å². The van der Waals surface area contributed by atoms with E-state index in [1.807, 2.05) is 19.9 Å². The molecule has 0 aliphatic heterocycles. The predicted octanol–water partition coefficient (Wildman–Crippen LogP) is 3.26. The van der Waals surface area contributed by atoms with Crippen LogP contribution in [0.2, 0.25) is 0 Å². The topological polar surface area (TPSA) is 67.4 Å². The molecule has 0 aromatic heterocycles. The fourth-order valence-corrected chi connectivity index (χ4v) is 3.49. The van der Waals surface area contributed by atoms with Gasteiger partial charge in [-0.2, -0.15) is 0 Å². The molecule has 5 nitrogen and oxygen atoms in total. The molecule has 2 amide bonds. The van der Waals surface area contributed by atoms with E-state index in [-0.39, 0.29) is 17.4 Å². The lowest BCUT2D eigenvalue weighted by molar-refractivity contribution is -0.124. The van der Waals surface area contributed by atoms with Gasteiger partial charge in [-0.3, -0.25) is 9.59 Å². The standard InChI is InChI=1S/C23H27FN2O3/c1-15(2)21(26-22(27)19-8-3-4-9-20(19)24)23(28)25-12-13-29-18-11-10-16-6-5-7-17(16)14-18/h3-4,8-11,14-15,21H,5-7,12-13H2,1-2H3,(H,25,28)(H,26,27)/t21-/m0/s1. The van der Waals surface area contributed by atoms with Gasteiger partial charge in [-0.15, -0.1) is 0 Å². The summed E-state index contributed by atoms with van der Waals surface area (Å²) in [4.78, 5) is 24.9. The minimum atomic E-state index is -0.762. The maximum atomic E-state index is 13.8. The van der Waals surface area contributed by atoms with E-state index in [0.29, 0.717) is 13.2 Å². The number of hydrogen-bond donors (Lipinski definition) is 2. The molecule has 3 rings (SSSR count). The van der Waals surface area contributed by atoms with Crippen LogP contribution < -0.4 is 15.4 Å². The van der Waals surface area contributed by atoms with Crippen LogP contribution in [0, 0.1) is 11.7 Å². The van der Waals surface area contributed by atoms with E-state index in [1.54, 1.807) is 6.07 Å². The second-order valence-electron chi connectivity index (χ2n) is 7.60. The van der Waals surface area contributed by atoms with Crippen molar-refractivity contribution in [1.82, 2.24) is 10.6 Å². The number of carbonyl (C=O) groups is 2. The van der Waals surface area contributed by atoms with E-state index in [1.165, 1.54) is 35.7 Å². The lowest BCUT2D eigenvalue weighted by atomic mass is 10.0. The highest BCUT2D eigenvalue weighted by Gasteiger charge is 2.25. The number of amides is 2. The summed E-state index contributed by atoms with van der Waals surface area (Å²) in [6.45, 7) is 4.30. The summed E-state index contributed by atoms with van der Waals surface area (Å²) in [6.07, 6.45) is 3.39. The quantitative estimate of drug-likeness (QED) is 0.671. The van der Waals surface area contributed by atoms with Crippen LogP contribution in [0.3, 0.4) is 0 Å². The Labute approximate surface area is 170 Å². The van der Waals surface area contributed by atoms with E-state index in [9.17, 15) is 14.0 Å². The van der Waals surface area contributed by atoms with Crippen LogP contribution in [0.4, 0.5) is 4.39 Å². The fraction of sp³-hybridized carbons (Fsp3) is 0.391. The Morgan fingerprint density at radius 1 is 1.10 bits per heavy atom. The van der Waals surface area contributed by atoms with Crippen molar-refractivity contribution in [1.29, 1.82) is 0 Å². The van der Waals surface area contributed by atoms with Crippen LogP contribution in [0.1, 0.15) is 41.8 Å². The maximum Gasteiger partial charge on any atom is 0.254 e. The van der Waals surface area contributed by atoms with E-state index in [2.05, 4.69) is 22.8 Å². The summed E-state index contributed by atoms with van der Waals surface area (Å²) < 4.78 is 19.5. The molecule has 29 heavy (non-hydrogen) atoms. The molecule has 0 fully saturated rings. The molecule has 2 aromatic rings. The van der Waals surface area contributed by atoms with Crippen LogP contribution in [0.5, 0.6) is 5.75 Å². The van der Waals surface area contributed by atoms with Crippen molar-refractivity contribution in [2.24, 2.45) is 5.92 Å². The van der Waals surface area contributed by atoms with Crippen LogP contribution >= 0.6 is 0 Å². The van der Waals surface area contributed by atoms with Crippen molar-refractivity contribution < 1.29 is 18.7 Å². The summed E-state index contributed by atoms with van der Waals surface area (Å²) >= 11 is 0. The molecule has 2 N–H and O–H groups in total. The Bertz CT molecular complexity index is 882. The highest BCUT2D eigenvalue weighted by molar-refractivity contribution is 5.97. The van der Waals surface area contributed by atoms with Gasteiger partial charge in [-0.05, 0) is 60.6 Å². The molecule has 0 spiro atoms. The first kappa shape index (κ1) is 20.8. The largest absolute Gasteiger partial charge is 0.492 e. The first-order chi connectivity index (χ1) is 14.0. The average Bonchev–Trinajstić information content (AvgIpc) is 3.17. The van der Waals surface area contributed by atoms with E-state index in [0.717, 1.165) is 18.6 Å². The zero-order valence-electron chi connectivity index (χ0n) is 16.8. The molecule has 154 valence electrons. The molecule has 6 heteroatoms. The van der Waals surface area contributed by atoms with Gasteiger partial charge in [0.2, 0.25) is 5.91 Å². The number of halogens is 1. The summed E-state index contributed by atoms with van der Waals surface area (Å²) in [5, 5.41) is 5.41. The lowest BCUT2D eigenvalue weighted by Gasteiger charge is -2.22. The van der Waals surface area contributed by atoms with Crippen molar-refractivity contribution in [3.8, 4) is 5.75 Å².